The van der Waals surface area contributed by atoms with E-state index >= 15 is 0 Å². The Morgan fingerprint density at radius 3 is 2.53 bits per heavy atom. The van der Waals surface area contributed by atoms with Crippen molar-refractivity contribution >= 4 is 11.6 Å². The molecule has 6 heteroatoms. The quantitative estimate of drug-likeness (QED) is 0.820. The van der Waals surface area contributed by atoms with Crippen LogP contribution in [0.4, 0.5) is 0 Å². The number of ether oxygens (including phenoxy) is 2. The minimum Gasteiger partial charge on any atom is -0.480 e. The predicted octanol–water partition coefficient (Wildman–Crippen LogP) is 1.04. The maximum atomic E-state index is 6.03. The lowest BCUT2D eigenvalue weighted by Gasteiger charge is -2.08. The molecule has 1 heterocycles. The molecule has 1 aromatic heterocycles. The van der Waals surface area contributed by atoms with Gasteiger partial charge in [0, 0.05) is 0 Å². The number of methoxy groups -OCH3 is 2. The van der Waals surface area contributed by atoms with Crippen LogP contribution in [-0.2, 0) is 6.42 Å². The Morgan fingerprint density at radius 2 is 2.00 bits per heavy atom. The lowest BCUT2D eigenvalue weighted by molar-refractivity contribution is 0.350. The van der Waals surface area contributed by atoms with E-state index in [-0.39, 0.29) is 6.01 Å². The van der Waals surface area contributed by atoms with Gasteiger partial charge in [-0.3, -0.25) is 0 Å². The number of hydrogen-bond donors (Lipinski definition) is 1. The average molecular weight is 232 g/mol. The van der Waals surface area contributed by atoms with Crippen molar-refractivity contribution < 1.29 is 9.47 Å². The Balaban J connectivity index is 3.01. The van der Waals surface area contributed by atoms with Gasteiger partial charge in [-0.1, -0.05) is 11.6 Å². The van der Waals surface area contributed by atoms with Gasteiger partial charge in [0.05, 0.1) is 19.9 Å². The van der Waals surface area contributed by atoms with Gasteiger partial charge in [0.2, 0.25) is 5.88 Å². The van der Waals surface area contributed by atoms with Crippen LogP contribution >= 0.6 is 11.6 Å². The molecule has 0 unspecified atom stereocenters. The molecule has 84 valence electrons. The fourth-order valence-electron chi connectivity index (χ4n) is 1.11. The monoisotopic (exact) mass is 231 g/mol. The fraction of sp³-hybridized carbons (Fsp3) is 0.556. The Kier molecular flexibility index (Phi) is 4.58. The van der Waals surface area contributed by atoms with Crippen LogP contribution in [0.2, 0.25) is 5.02 Å². The summed E-state index contributed by atoms with van der Waals surface area (Å²) in [6, 6.07) is 0.253. The van der Waals surface area contributed by atoms with E-state index in [9.17, 15) is 0 Å². The molecule has 0 atom stereocenters. The maximum absolute atomic E-state index is 6.03. The Labute approximate surface area is 93.6 Å². The SMILES string of the molecule is COc1nc(CCCN)c(Cl)c(OC)n1. The van der Waals surface area contributed by atoms with Crippen LogP contribution in [-0.4, -0.2) is 30.7 Å². The molecular weight excluding hydrogens is 218 g/mol. The van der Waals surface area contributed by atoms with Gasteiger partial charge in [-0.15, -0.1) is 0 Å². The predicted molar refractivity (Wildman–Crippen MR) is 57.5 cm³/mol. The molecule has 5 nitrogen and oxygen atoms in total. The van der Waals surface area contributed by atoms with Crippen LogP contribution in [0.15, 0.2) is 0 Å². The first kappa shape index (κ1) is 12.0. The van der Waals surface area contributed by atoms with Gasteiger partial charge in [0.15, 0.2) is 0 Å². The summed E-state index contributed by atoms with van der Waals surface area (Å²) in [6.45, 7) is 0.588. The van der Waals surface area contributed by atoms with Crippen molar-refractivity contribution in [3.05, 3.63) is 10.7 Å². The third-order valence-electron chi connectivity index (χ3n) is 1.86. The standard InChI is InChI=1S/C9H14ClN3O2/c1-14-8-7(10)6(4-3-5-11)12-9(13-8)15-2/h3-5,11H2,1-2H3. The number of nitrogens with two attached hydrogens (primary N) is 1. The van der Waals surface area contributed by atoms with E-state index in [1.54, 1.807) is 0 Å². The summed E-state index contributed by atoms with van der Waals surface area (Å²) in [5.41, 5.74) is 6.12. The van der Waals surface area contributed by atoms with Gasteiger partial charge in [-0.2, -0.15) is 9.97 Å². The third-order valence-corrected chi connectivity index (χ3v) is 2.24. The smallest absolute Gasteiger partial charge is 0.319 e. The molecule has 0 amide bonds. The zero-order chi connectivity index (χ0) is 11.3. The van der Waals surface area contributed by atoms with Crippen LogP contribution in [0.1, 0.15) is 12.1 Å². The summed E-state index contributed by atoms with van der Waals surface area (Å²) in [6.07, 6.45) is 1.49. The topological polar surface area (TPSA) is 70.3 Å². The number of aromatic nitrogens is 2. The van der Waals surface area contributed by atoms with Gasteiger partial charge in [0.25, 0.3) is 0 Å². The molecule has 1 aromatic rings. The van der Waals surface area contributed by atoms with Crippen LogP contribution in [0.25, 0.3) is 0 Å². The number of hydrogen-bond acceptors (Lipinski definition) is 5. The Bertz CT molecular complexity index is 333. The zero-order valence-corrected chi connectivity index (χ0v) is 9.54. The first-order valence-electron chi connectivity index (χ1n) is 4.57. The van der Waals surface area contributed by atoms with Crippen molar-refractivity contribution in [3.8, 4) is 11.9 Å². The molecule has 0 bridgehead atoms. The van der Waals surface area contributed by atoms with E-state index in [2.05, 4.69) is 9.97 Å². The molecule has 0 spiro atoms. The molecule has 0 radical (unpaired) electrons. The van der Waals surface area contributed by atoms with E-state index in [0.29, 0.717) is 29.6 Å². The van der Waals surface area contributed by atoms with Crippen LogP contribution < -0.4 is 15.2 Å². The molecule has 0 aliphatic rings. The molecule has 0 aliphatic heterocycles. The maximum Gasteiger partial charge on any atom is 0.319 e. The summed E-state index contributed by atoms with van der Waals surface area (Å²) in [5.74, 6) is 0.329. The second kappa shape index (κ2) is 5.72. The van der Waals surface area contributed by atoms with Crippen molar-refractivity contribution in [3.63, 3.8) is 0 Å². The van der Waals surface area contributed by atoms with Crippen molar-refractivity contribution in [2.75, 3.05) is 20.8 Å². The second-order valence-electron chi connectivity index (χ2n) is 2.87. The van der Waals surface area contributed by atoms with Gasteiger partial charge >= 0.3 is 6.01 Å². The lowest BCUT2D eigenvalue weighted by atomic mass is 10.2. The third kappa shape index (κ3) is 2.94. The largest absolute Gasteiger partial charge is 0.480 e. The Hall–Kier alpha value is -1.07. The summed E-state index contributed by atoms with van der Waals surface area (Å²) in [4.78, 5) is 8.10. The minimum absolute atomic E-state index is 0.253. The highest BCUT2D eigenvalue weighted by atomic mass is 35.5. The molecule has 2 N–H and O–H groups in total. The summed E-state index contributed by atoms with van der Waals surface area (Å²) >= 11 is 6.03. The van der Waals surface area contributed by atoms with Gasteiger partial charge in [-0.25, -0.2) is 0 Å². The van der Waals surface area contributed by atoms with Gasteiger partial charge in [0.1, 0.15) is 5.02 Å². The summed E-state index contributed by atoms with van der Waals surface area (Å²) < 4.78 is 9.95. The normalized spacial score (nSPS) is 10.1. The molecule has 15 heavy (non-hydrogen) atoms. The number of aryl methyl sites for hydroxylation is 1. The van der Waals surface area contributed by atoms with Crippen LogP contribution in [0.5, 0.6) is 11.9 Å². The van der Waals surface area contributed by atoms with Crippen LogP contribution in [0, 0.1) is 0 Å². The summed E-state index contributed by atoms with van der Waals surface area (Å²) in [5, 5.41) is 0.423. The fourth-order valence-corrected chi connectivity index (χ4v) is 1.37. The van der Waals surface area contributed by atoms with Crippen molar-refractivity contribution in [1.82, 2.24) is 9.97 Å². The zero-order valence-electron chi connectivity index (χ0n) is 8.79. The first-order valence-corrected chi connectivity index (χ1v) is 4.95. The number of rotatable bonds is 5. The lowest BCUT2D eigenvalue weighted by Crippen LogP contribution is -2.05. The van der Waals surface area contributed by atoms with E-state index in [0.717, 1.165) is 6.42 Å². The summed E-state index contributed by atoms with van der Waals surface area (Å²) in [7, 11) is 3.00. The van der Waals surface area contributed by atoms with E-state index in [4.69, 9.17) is 26.8 Å². The molecular formula is C9H14ClN3O2. The van der Waals surface area contributed by atoms with Gasteiger partial charge in [-0.05, 0) is 19.4 Å². The molecule has 0 fully saturated rings. The molecule has 0 aliphatic carbocycles. The van der Waals surface area contributed by atoms with Crippen molar-refractivity contribution in [1.29, 1.82) is 0 Å². The number of nitrogens with zero attached hydrogens (tertiary/aromatic N) is 2. The highest BCUT2D eigenvalue weighted by Crippen LogP contribution is 2.27. The molecule has 0 saturated carbocycles. The minimum atomic E-state index is 0.253. The molecule has 1 rings (SSSR count). The van der Waals surface area contributed by atoms with E-state index in [1.807, 2.05) is 0 Å². The molecule has 0 saturated heterocycles. The highest BCUT2D eigenvalue weighted by molar-refractivity contribution is 6.32. The Morgan fingerprint density at radius 1 is 1.27 bits per heavy atom. The number of halogens is 1. The first-order chi connectivity index (χ1) is 7.22. The van der Waals surface area contributed by atoms with Gasteiger partial charge < -0.3 is 15.2 Å². The second-order valence-corrected chi connectivity index (χ2v) is 3.25. The van der Waals surface area contributed by atoms with Crippen molar-refractivity contribution in [2.45, 2.75) is 12.8 Å². The molecule has 0 aromatic carbocycles. The van der Waals surface area contributed by atoms with E-state index in [1.165, 1.54) is 14.2 Å². The highest BCUT2D eigenvalue weighted by Gasteiger charge is 2.12. The van der Waals surface area contributed by atoms with Crippen molar-refractivity contribution in [2.24, 2.45) is 5.73 Å². The van der Waals surface area contributed by atoms with E-state index < -0.39 is 0 Å². The van der Waals surface area contributed by atoms with Crippen LogP contribution in [0.3, 0.4) is 0 Å². The average Bonchev–Trinajstić information content (AvgIpc) is 2.27.